The van der Waals surface area contributed by atoms with Gasteiger partial charge in [0.05, 0.1) is 5.56 Å². The highest BCUT2D eigenvalue weighted by molar-refractivity contribution is 5.92. The van der Waals surface area contributed by atoms with Gasteiger partial charge in [-0.3, -0.25) is 9.59 Å². The molecule has 112 valence electrons. The lowest BCUT2D eigenvalue weighted by Gasteiger charge is -2.17. The number of rotatable bonds is 5. The van der Waals surface area contributed by atoms with Gasteiger partial charge in [-0.2, -0.15) is 0 Å². The minimum Gasteiger partial charge on any atom is -0.449 e. The summed E-state index contributed by atoms with van der Waals surface area (Å²) in [4.78, 5) is 34.4. The zero-order chi connectivity index (χ0) is 15.2. The molecule has 1 aromatic rings. The van der Waals surface area contributed by atoms with Crippen LogP contribution in [0.1, 0.15) is 53.3 Å². The van der Waals surface area contributed by atoms with Crippen LogP contribution in [0.5, 0.6) is 0 Å². The molecule has 1 saturated carbocycles. The van der Waals surface area contributed by atoms with E-state index in [1.165, 1.54) is 24.3 Å². The van der Waals surface area contributed by atoms with E-state index < -0.39 is 12.1 Å². The smallest absolute Gasteiger partial charge is 0.338 e. The Hall–Kier alpha value is -2.17. The minimum absolute atomic E-state index is 0.200. The maximum atomic E-state index is 11.9. The molecule has 1 aliphatic carbocycles. The summed E-state index contributed by atoms with van der Waals surface area (Å²) in [5.41, 5.74) is 0.805. The molecule has 1 aliphatic rings. The molecule has 1 N–H and O–H groups in total. The summed E-state index contributed by atoms with van der Waals surface area (Å²) >= 11 is 0. The number of ether oxygens (including phenoxy) is 1. The molecule has 1 aromatic carbocycles. The highest BCUT2D eigenvalue weighted by Crippen LogP contribution is 2.17. The second kappa shape index (κ2) is 7.02. The Kier molecular flexibility index (Phi) is 5.09. The first-order valence-corrected chi connectivity index (χ1v) is 7.17. The highest BCUT2D eigenvalue weighted by atomic mass is 16.5. The number of carbonyl (C=O) groups is 3. The van der Waals surface area contributed by atoms with E-state index in [2.05, 4.69) is 5.32 Å². The van der Waals surface area contributed by atoms with E-state index >= 15 is 0 Å². The van der Waals surface area contributed by atoms with Gasteiger partial charge in [-0.1, -0.05) is 25.0 Å². The van der Waals surface area contributed by atoms with E-state index in [9.17, 15) is 14.4 Å². The monoisotopic (exact) mass is 289 g/mol. The van der Waals surface area contributed by atoms with Crippen LogP contribution in [0.2, 0.25) is 0 Å². The second-order valence-corrected chi connectivity index (χ2v) is 5.28. The van der Waals surface area contributed by atoms with Gasteiger partial charge in [0.25, 0.3) is 5.91 Å². The van der Waals surface area contributed by atoms with Crippen molar-refractivity contribution in [3.8, 4) is 0 Å². The molecule has 5 heteroatoms. The SMILES string of the molecule is CC(OC(=O)c1ccc(C=O)cc1)C(=O)NC1CCCC1. The number of nitrogens with one attached hydrogen (secondary N) is 1. The van der Waals surface area contributed by atoms with Gasteiger partial charge < -0.3 is 10.1 Å². The van der Waals surface area contributed by atoms with Crippen LogP contribution in [0, 0.1) is 0 Å². The molecule has 1 fully saturated rings. The summed E-state index contributed by atoms with van der Waals surface area (Å²) in [7, 11) is 0. The molecule has 0 aromatic heterocycles. The summed E-state index contributed by atoms with van der Waals surface area (Å²) in [6.45, 7) is 1.56. The number of benzene rings is 1. The molecule has 0 aliphatic heterocycles. The van der Waals surface area contributed by atoms with Crippen LogP contribution in [0.3, 0.4) is 0 Å². The Morgan fingerprint density at radius 2 is 1.86 bits per heavy atom. The molecule has 5 nitrogen and oxygen atoms in total. The van der Waals surface area contributed by atoms with E-state index in [1.807, 2.05) is 0 Å². The summed E-state index contributed by atoms with van der Waals surface area (Å²) < 4.78 is 5.14. The Balaban J connectivity index is 1.87. The number of hydrogen-bond acceptors (Lipinski definition) is 4. The van der Waals surface area contributed by atoms with Crippen molar-refractivity contribution in [3.05, 3.63) is 35.4 Å². The normalized spacial score (nSPS) is 16.2. The maximum Gasteiger partial charge on any atom is 0.338 e. The number of hydrogen-bond donors (Lipinski definition) is 1. The fraction of sp³-hybridized carbons (Fsp3) is 0.438. The Morgan fingerprint density at radius 1 is 1.24 bits per heavy atom. The van der Waals surface area contributed by atoms with Crippen LogP contribution < -0.4 is 5.32 Å². The highest BCUT2D eigenvalue weighted by Gasteiger charge is 2.23. The van der Waals surface area contributed by atoms with E-state index in [1.54, 1.807) is 6.92 Å². The fourth-order valence-corrected chi connectivity index (χ4v) is 2.37. The molecule has 1 atom stereocenters. The lowest BCUT2D eigenvalue weighted by molar-refractivity contribution is -0.129. The van der Waals surface area contributed by atoms with Gasteiger partial charge in [0, 0.05) is 11.6 Å². The molecule has 21 heavy (non-hydrogen) atoms. The van der Waals surface area contributed by atoms with Crippen molar-refractivity contribution >= 4 is 18.2 Å². The van der Waals surface area contributed by atoms with Crippen LogP contribution in [0.15, 0.2) is 24.3 Å². The summed E-state index contributed by atoms with van der Waals surface area (Å²) in [5.74, 6) is -0.832. The van der Waals surface area contributed by atoms with Gasteiger partial charge in [-0.15, -0.1) is 0 Å². The van der Waals surface area contributed by atoms with E-state index in [0.29, 0.717) is 17.4 Å². The second-order valence-electron chi connectivity index (χ2n) is 5.28. The molecule has 1 amide bonds. The third-order valence-corrected chi connectivity index (χ3v) is 3.64. The lowest BCUT2D eigenvalue weighted by Crippen LogP contribution is -2.40. The van der Waals surface area contributed by atoms with E-state index in [0.717, 1.165) is 25.7 Å². The Morgan fingerprint density at radius 3 is 2.43 bits per heavy atom. The van der Waals surface area contributed by atoms with Crippen molar-refractivity contribution in [2.45, 2.75) is 44.8 Å². The molecule has 1 unspecified atom stereocenters. The molecule has 0 radical (unpaired) electrons. The average Bonchev–Trinajstić information content (AvgIpc) is 3.00. The first kappa shape index (κ1) is 15.2. The van der Waals surface area contributed by atoms with Crippen LogP contribution in [-0.4, -0.2) is 30.3 Å². The molecular weight excluding hydrogens is 270 g/mol. The van der Waals surface area contributed by atoms with E-state index in [-0.39, 0.29) is 11.9 Å². The summed E-state index contributed by atoms with van der Waals surface area (Å²) in [5, 5.41) is 2.89. The van der Waals surface area contributed by atoms with E-state index in [4.69, 9.17) is 4.74 Å². The Labute approximate surface area is 123 Å². The van der Waals surface area contributed by atoms with Crippen molar-refractivity contribution in [1.29, 1.82) is 0 Å². The van der Waals surface area contributed by atoms with Crippen molar-refractivity contribution < 1.29 is 19.1 Å². The average molecular weight is 289 g/mol. The molecular formula is C16H19NO4. The topological polar surface area (TPSA) is 72.5 Å². The third kappa shape index (κ3) is 4.15. The molecule has 0 saturated heterocycles. The third-order valence-electron chi connectivity index (χ3n) is 3.64. The number of amides is 1. The predicted octanol–water partition coefficient (Wildman–Crippen LogP) is 2.10. The maximum absolute atomic E-state index is 11.9. The van der Waals surface area contributed by atoms with Crippen LogP contribution >= 0.6 is 0 Å². The zero-order valence-corrected chi connectivity index (χ0v) is 12.0. The molecule has 0 bridgehead atoms. The van der Waals surface area contributed by atoms with Gasteiger partial charge in [-0.05, 0) is 31.9 Å². The van der Waals surface area contributed by atoms with Crippen LogP contribution in [-0.2, 0) is 9.53 Å². The molecule has 0 heterocycles. The van der Waals surface area contributed by atoms with Gasteiger partial charge in [-0.25, -0.2) is 4.79 Å². The first-order chi connectivity index (χ1) is 10.1. The standard InChI is InChI=1S/C16H19NO4/c1-11(15(19)17-14-4-2-3-5-14)21-16(20)13-8-6-12(10-18)7-9-13/h6-11,14H,2-5H2,1H3,(H,17,19). The fourth-order valence-electron chi connectivity index (χ4n) is 2.37. The van der Waals surface area contributed by atoms with Crippen molar-refractivity contribution in [1.82, 2.24) is 5.32 Å². The van der Waals surface area contributed by atoms with Crippen molar-refractivity contribution in [3.63, 3.8) is 0 Å². The predicted molar refractivity (Wildman–Crippen MR) is 77.1 cm³/mol. The lowest BCUT2D eigenvalue weighted by atomic mass is 10.1. The number of carbonyl (C=O) groups excluding carboxylic acids is 3. The summed E-state index contributed by atoms with van der Waals surface area (Å²) in [6.07, 6.45) is 4.10. The first-order valence-electron chi connectivity index (χ1n) is 7.17. The van der Waals surface area contributed by atoms with Crippen molar-refractivity contribution in [2.24, 2.45) is 0 Å². The summed E-state index contributed by atoms with van der Waals surface area (Å²) in [6, 6.07) is 6.28. The number of esters is 1. The van der Waals surface area contributed by atoms with Gasteiger partial charge >= 0.3 is 5.97 Å². The van der Waals surface area contributed by atoms with Crippen LogP contribution in [0.4, 0.5) is 0 Å². The molecule has 0 spiro atoms. The van der Waals surface area contributed by atoms with Crippen LogP contribution in [0.25, 0.3) is 0 Å². The zero-order valence-electron chi connectivity index (χ0n) is 12.0. The largest absolute Gasteiger partial charge is 0.449 e. The van der Waals surface area contributed by atoms with Gasteiger partial charge in [0.2, 0.25) is 0 Å². The van der Waals surface area contributed by atoms with Gasteiger partial charge in [0.1, 0.15) is 6.29 Å². The minimum atomic E-state index is -0.830. The van der Waals surface area contributed by atoms with Crippen molar-refractivity contribution in [2.75, 3.05) is 0 Å². The quantitative estimate of drug-likeness (QED) is 0.665. The number of aldehydes is 1. The Bertz CT molecular complexity index is 518. The van der Waals surface area contributed by atoms with Gasteiger partial charge in [0.15, 0.2) is 6.10 Å². The molecule has 2 rings (SSSR count).